The second-order valence-corrected chi connectivity index (χ2v) is 8.75. The number of piperidine rings is 1. The van der Waals surface area contributed by atoms with E-state index in [1.165, 1.54) is 4.90 Å². The van der Waals surface area contributed by atoms with E-state index in [1.807, 2.05) is 43.3 Å². The Morgan fingerprint density at radius 3 is 2.38 bits per heavy atom. The van der Waals surface area contributed by atoms with E-state index in [4.69, 9.17) is 9.84 Å². The maximum absolute atomic E-state index is 13.1. The van der Waals surface area contributed by atoms with Crippen molar-refractivity contribution in [3.05, 3.63) is 64.7 Å². The number of carbonyl (C=O) groups excluding carboxylic acids is 2. The van der Waals surface area contributed by atoms with E-state index in [2.05, 4.69) is 10.6 Å². The molecule has 5 rings (SSSR count). The average Bonchev–Trinajstić information content (AvgIpc) is 3.12. The number of benzene rings is 2. The Morgan fingerprint density at radius 2 is 1.75 bits per heavy atom. The summed E-state index contributed by atoms with van der Waals surface area (Å²) < 4.78 is 6.10. The molecule has 2 fully saturated rings. The number of hydrogen-bond acceptors (Lipinski definition) is 4. The molecule has 2 heterocycles. The first-order chi connectivity index (χ1) is 15.4. The van der Waals surface area contributed by atoms with Gasteiger partial charge < -0.3 is 25.4 Å². The number of amides is 3. The third-order valence-corrected chi connectivity index (χ3v) is 6.88. The van der Waals surface area contributed by atoms with E-state index < -0.39 is 6.09 Å². The molecular formula is C24H25N3O5. The first-order valence-electron chi connectivity index (χ1n) is 10.8. The van der Waals surface area contributed by atoms with Gasteiger partial charge in [-0.3, -0.25) is 9.59 Å². The van der Waals surface area contributed by atoms with Crippen molar-refractivity contribution in [2.45, 2.75) is 25.0 Å². The van der Waals surface area contributed by atoms with Gasteiger partial charge >= 0.3 is 6.09 Å². The van der Waals surface area contributed by atoms with E-state index in [9.17, 15) is 14.4 Å². The average molecular weight is 435 g/mol. The number of carboxylic acid groups (broad SMARTS) is 1. The zero-order valence-electron chi connectivity index (χ0n) is 17.9. The standard InChI is InChI=1S/C24H25N3O5/c1-12-19(13-6-4-3-5-7-13)15-8-14(9-16(21(15)32-12)23(29)25-2)22(28)26-20-17-10-27(24(30)31)11-18(17)20/h3-9,12,17-20H,10-11H2,1-2H3,(H,25,29)(H,26,28)(H,30,31). The van der Waals surface area contributed by atoms with Crippen molar-refractivity contribution in [2.24, 2.45) is 11.8 Å². The van der Waals surface area contributed by atoms with Crippen molar-refractivity contribution in [3.8, 4) is 5.75 Å². The smallest absolute Gasteiger partial charge is 0.407 e. The summed E-state index contributed by atoms with van der Waals surface area (Å²) in [7, 11) is 1.55. The number of nitrogens with one attached hydrogen (secondary N) is 2. The summed E-state index contributed by atoms with van der Waals surface area (Å²) >= 11 is 0. The second kappa shape index (κ2) is 7.55. The number of nitrogens with zero attached hydrogens (tertiary/aromatic N) is 1. The molecule has 1 saturated carbocycles. The number of likely N-dealkylation sites (tertiary alicyclic amines) is 1. The van der Waals surface area contributed by atoms with Crippen LogP contribution in [0.1, 0.15) is 44.7 Å². The monoisotopic (exact) mass is 435 g/mol. The SMILES string of the molecule is CNC(=O)c1cc(C(=O)NC2C3CN(C(=O)O)CC32)cc2c1OC(C)C2c1ccccc1. The molecule has 0 bridgehead atoms. The lowest BCUT2D eigenvalue weighted by Gasteiger charge is -2.17. The Bertz CT molecular complexity index is 1090. The highest BCUT2D eigenvalue weighted by molar-refractivity contribution is 6.02. The largest absolute Gasteiger partial charge is 0.489 e. The normalized spacial score (nSPS) is 27.2. The maximum Gasteiger partial charge on any atom is 0.407 e. The molecule has 0 spiro atoms. The summed E-state index contributed by atoms with van der Waals surface area (Å²) in [6, 6.07) is 13.3. The van der Waals surface area contributed by atoms with Gasteiger partial charge in [-0.05, 0) is 24.6 Å². The Balaban J connectivity index is 1.44. The number of carbonyl (C=O) groups is 3. The fraction of sp³-hybridized carbons (Fsp3) is 0.375. The molecule has 1 aliphatic carbocycles. The van der Waals surface area contributed by atoms with Gasteiger partial charge in [0, 0.05) is 55.1 Å². The minimum Gasteiger partial charge on any atom is -0.489 e. The van der Waals surface area contributed by atoms with Gasteiger partial charge in [-0.15, -0.1) is 0 Å². The van der Waals surface area contributed by atoms with Gasteiger partial charge in [0.2, 0.25) is 0 Å². The number of rotatable bonds is 4. The molecular weight excluding hydrogens is 410 g/mol. The van der Waals surface area contributed by atoms with E-state index in [-0.39, 0.29) is 41.7 Å². The molecule has 3 N–H and O–H groups in total. The molecule has 3 aliphatic rings. The van der Waals surface area contributed by atoms with Crippen molar-refractivity contribution in [1.29, 1.82) is 0 Å². The molecule has 2 aromatic rings. The van der Waals surface area contributed by atoms with Gasteiger partial charge in [0.1, 0.15) is 11.9 Å². The zero-order valence-corrected chi connectivity index (χ0v) is 17.9. The van der Waals surface area contributed by atoms with Crippen LogP contribution < -0.4 is 15.4 Å². The molecule has 8 heteroatoms. The van der Waals surface area contributed by atoms with Crippen molar-refractivity contribution >= 4 is 17.9 Å². The highest BCUT2D eigenvalue weighted by Crippen LogP contribution is 2.47. The quantitative estimate of drug-likeness (QED) is 0.683. The van der Waals surface area contributed by atoms with Crippen molar-refractivity contribution < 1.29 is 24.2 Å². The maximum atomic E-state index is 13.1. The zero-order chi connectivity index (χ0) is 22.6. The summed E-state index contributed by atoms with van der Waals surface area (Å²) in [6.45, 7) is 2.85. The Hall–Kier alpha value is -3.55. The van der Waals surface area contributed by atoms with Gasteiger partial charge in [-0.25, -0.2) is 4.79 Å². The topological polar surface area (TPSA) is 108 Å². The molecule has 32 heavy (non-hydrogen) atoms. The van der Waals surface area contributed by atoms with E-state index >= 15 is 0 Å². The fourth-order valence-corrected chi connectivity index (χ4v) is 5.20. The third-order valence-electron chi connectivity index (χ3n) is 6.88. The fourth-order valence-electron chi connectivity index (χ4n) is 5.20. The number of ether oxygens (including phenoxy) is 1. The molecule has 0 radical (unpaired) electrons. The third kappa shape index (κ3) is 3.26. The van der Waals surface area contributed by atoms with Gasteiger partial charge in [-0.2, -0.15) is 0 Å². The van der Waals surface area contributed by atoms with Crippen LogP contribution in [0, 0.1) is 11.8 Å². The first kappa shape index (κ1) is 20.4. The van der Waals surface area contributed by atoms with Crippen LogP contribution >= 0.6 is 0 Å². The van der Waals surface area contributed by atoms with E-state index in [0.29, 0.717) is 30.0 Å². The van der Waals surface area contributed by atoms with Crippen molar-refractivity contribution in [3.63, 3.8) is 0 Å². The van der Waals surface area contributed by atoms with Crippen LogP contribution in [0.15, 0.2) is 42.5 Å². The van der Waals surface area contributed by atoms with Gasteiger partial charge in [-0.1, -0.05) is 30.3 Å². The molecule has 1 saturated heterocycles. The Morgan fingerprint density at radius 1 is 1.06 bits per heavy atom. The summed E-state index contributed by atoms with van der Waals surface area (Å²) in [5, 5.41) is 14.8. The Kier molecular flexibility index (Phi) is 4.80. The van der Waals surface area contributed by atoms with E-state index in [1.54, 1.807) is 13.1 Å². The molecule has 4 atom stereocenters. The lowest BCUT2D eigenvalue weighted by Crippen LogP contribution is -2.36. The first-order valence-corrected chi connectivity index (χ1v) is 10.8. The summed E-state index contributed by atoms with van der Waals surface area (Å²) in [4.78, 5) is 38.2. The number of fused-ring (bicyclic) bond motifs is 2. The molecule has 3 amide bonds. The van der Waals surface area contributed by atoms with Crippen LogP contribution in [0.25, 0.3) is 0 Å². The lowest BCUT2D eigenvalue weighted by atomic mass is 9.87. The summed E-state index contributed by atoms with van der Waals surface area (Å²) in [5.74, 6) is 0.170. The van der Waals surface area contributed by atoms with Crippen LogP contribution in [-0.4, -0.2) is 60.2 Å². The van der Waals surface area contributed by atoms with Crippen LogP contribution in [0.3, 0.4) is 0 Å². The minimum atomic E-state index is -0.919. The van der Waals surface area contributed by atoms with Crippen LogP contribution in [0.4, 0.5) is 4.79 Å². The second-order valence-electron chi connectivity index (χ2n) is 8.75. The van der Waals surface area contributed by atoms with Crippen LogP contribution in [-0.2, 0) is 0 Å². The van der Waals surface area contributed by atoms with Crippen LogP contribution in [0.2, 0.25) is 0 Å². The highest BCUT2D eigenvalue weighted by atomic mass is 16.5. The summed E-state index contributed by atoms with van der Waals surface area (Å²) in [5.41, 5.74) is 2.63. The van der Waals surface area contributed by atoms with Crippen molar-refractivity contribution in [1.82, 2.24) is 15.5 Å². The predicted molar refractivity (Wildman–Crippen MR) is 116 cm³/mol. The molecule has 166 valence electrons. The molecule has 4 unspecified atom stereocenters. The lowest BCUT2D eigenvalue weighted by molar-refractivity contribution is 0.0943. The van der Waals surface area contributed by atoms with Crippen LogP contribution in [0.5, 0.6) is 5.75 Å². The molecule has 0 aromatic heterocycles. The summed E-state index contributed by atoms with van der Waals surface area (Å²) in [6.07, 6.45) is -1.10. The van der Waals surface area contributed by atoms with E-state index in [0.717, 1.165) is 11.1 Å². The molecule has 2 aromatic carbocycles. The number of hydrogen-bond donors (Lipinski definition) is 3. The Labute approximate surface area is 185 Å². The molecule has 2 aliphatic heterocycles. The van der Waals surface area contributed by atoms with Crippen molar-refractivity contribution in [2.75, 3.05) is 20.1 Å². The predicted octanol–water partition coefficient (Wildman–Crippen LogP) is 2.30. The van der Waals surface area contributed by atoms with Gasteiger partial charge in [0.25, 0.3) is 11.8 Å². The molecule has 8 nitrogen and oxygen atoms in total. The minimum absolute atomic E-state index is 0.0325. The van der Waals surface area contributed by atoms with Gasteiger partial charge in [0.15, 0.2) is 0 Å². The highest BCUT2D eigenvalue weighted by Gasteiger charge is 2.57. The van der Waals surface area contributed by atoms with Gasteiger partial charge in [0.05, 0.1) is 5.56 Å².